The topological polar surface area (TPSA) is 42.7 Å². The van der Waals surface area contributed by atoms with Crippen LogP contribution in [0.5, 0.6) is 0 Å². The van der Waals surface area contributed by atoms with Gasteiger partial charge < -0.3 is 9.88 Å². The highest BCUT2D eigenvalue weighted by molar-refractivity contribution is 5.89. The molecule has 0 saturated heterocycles. The van der Waals surface area contributed by atoms with Crippen LogP contribution in [0.3, 0.4) is 0 Å². The molecule has 1 N–H and O–H groups in total. The Hall–Kier alpha value is -2.36. The second-order valence-corrected chi connectivity index (χ2v) is 4.83. The number of hydrogen-bond donors (Lipinski definition) is 1. The predicted octanol–water partition coefficient (Wildman–Crippen LogP) is 3.33. The molecule has 2 aromatic heterocycles. The highest BCUT2D eigenvalue weighted by atomic mass is 15.1. The predicted molar refractivity (Wildman–Crippen MR) is 77.7 cm³/mol. The number of aryl methyl sites for hydroxylation is 3. The molecular weight excluding hydrogens is 236 g/mol. The lowest BCUT2D eigenvalue weighted by Gasteiger charge is -2.10. The largest absolute Gasteiger partial charge is 0.339 e. The fourth-order valence-corrected chi connectivity index (χ4v) is 2.18. The molecule has 4 nitrogen and oxygen atoms in total. The quantitative estimate of drug-likeness (QED) is 0.760. The number of anilines is 2. The summed E-state index contributed by atoms with van der Waals surface area (Å²) in [6.45, 7) is 4.17. The zero-order chi connectivity index (χ0) is 13.4. The Morgan fingerprint density at radius 3 is 2.79 bits per heavy atom. The van der Waals surface area contributed by atoms with Gasteiger partial charge in [0.05, 0.1) is 5.39 Å². The number of rotatable bonds is 2. The van der Waals surface area contributed by atoms with Gasteiger partial charge in [0.25, 0.3) is 0 Å². The number of benzene rings is 1. The van der Waals surface area contributed by atoms with Crippen molar-refractivity contribution in [1.29, 1.82) is 0 Å². The van der Waals surface area contributed by atoms with Crippen LogP contribution in [0.2, 0.25) is 0 Å². The summed E-state index contributed by atoms with van der Waals surface area (Å²) in [4.78, 5) is 8.65. The van der Waals surface area contributed by atoms with Gasteiger partial charge in [-0.1, -0.05) is 12.1 Å². The van der Waals surface area contributed by atoms with Crippen LogP contribution in [0.15, 0.2) is 36.8 Å². The fraction of sp³-hybridized carbons (Fsp3) is 0.200. The molecule has 0 atom stereocenters. The molecule has 0 aliphatic rings. The summed E-state index contributed by atoms with van der Waals surface area (Å²) in [7, 11) is 1.98. The van der Waals surface area contributed by atoms with E-state index < -0.39 is 0 Å². The lowest BCUT2D eigenvalue weighted by atomic mass is 10.1. The van der Waals surface area contributed by atoms with E-state index in [2.05, 4.69) is 47.3 Å². The Balaban J connectivity index is 2.08. The molecule has 1 aromatic carbocycles. The highest BCUT2D eigenvalue weighted by Gasteiger charge is 2.07. The number of hydrogen-bond acceptors (Lipinski definition) is 3. The second kappa shape index (κ2) is 4.39. The van der Waals surface area contributed by atoms with Crippen LogP contribution in [0.1, 0.15) is 11.1 Å². The van der Waals surface area contributed by atoms with Crippen LogP contribution in [0, 0.1) is 13.8 Å². The van der Waals surface area contributed by atoms with E-state index in [1.807, 2.05) is 23.9 Å². The average Bonchev–Trinajstić information content (AvgIpc) is 2.77. The first kappa shape index (κ1) is 11.7. The summed E-state index contributed by atoms with van der Waals surface area (Å²) >= 11 is 0. The normalized spacial score (nSPS) is 10.9. The van der Waals surface area contributed by atoms with E-state index >= 15 is 0 Å². The molecule has 0 amide bonds. The van der Waals surface area contributed by atoms with E-state index in [-0.39, 0.29) is 0 Å². The molecule has 19 heavy (non-hydrogen) atoms. The van der Waals surface area contributed by atoms with Crippen molar-refractivity contribution in [2.24, 2.45) is 7.05 Å². The van der Waals surface area contributed by atoms with E-state index in [9.17, 15) is 0 Å². The van der Waals surface area contributed by atoms with Crippen molar-refractivity contribution in [2.45, 2.75) is 13.8 Å². The van der Waals surface area contributed by atoms with Gasteiger partial charge in [0, 0.05) is 18.9 Å². The zero-order valence-electron chi connectivity index (χ0n) is 11.3. The van der Waals surface area contributed by atoms with E-state index in [4.69, 9.17) is 0 Å². The van der Waals surface area contributed by atoms with Crippen LogP contribution in [-0.4, -0.2) is 14.5 Å². The molecule has 0 radical (unpaired) electrons. The summed E-state index contributed by atoms with van der Waals surface area (Å²) in [5.41, 5.74) is 4.45. The minimum absolute atomic E-state index is 0.847. The molecule has 2 heterocycles. The first-order valence-corrected chi connectivity index (χ1v) is 6.25. The van der Waals surface area contributed by atoms with Crippen LogP contribution >= 0.6 is 0 Å². The minimum Gasteiger partial charge on any atom is -0.339 e. The third-order valence-corrected chi connectivity index (χ3v) is 3.31. The smallest absolute Gasteiger partial charge is 0.145 e. The lowest BCUT2D eigenvalue weighted by molar-refractivity contribution is 0.944. The fourth-order valence-electron chi connectivity index (χ4n) is 2.18. The summed E-state index contributed by atoms with van der Waals surface area (Å²) in [6, 6.07) is 8.38. The zero-order valence-corrected chi connectivity index (χ0v) is 11.3. The van der Waals surface area contributed by atoms with Gasteiger partial charge in [-0.25, -0.2) is 9.97 Å². The molecule has 3 rings (SSSR count). The first-order chi connectivity index (χ1) is 9.15. The summed E-state index contributed by atoms with van der Waals surface area (Å²) < 4.78 is 1.99. The Morgan fingerprint density at radius 2 is 1.95 bits per heavy atom. The van der Waals surface area contributed by atoms with Crippen LogP contribution < -0.4 is 5.32 Å². The molecule has 96 valence electrons. The number of aromatic nitrogens is 3. The molecule has 4 heteroatoms. The monoisotopic (exact) mass is 252 g/mol. The second-order valence-electron chi connectivity index (χ2n) is 4.83. The third kappa shape index (κ3) is 2.05. The van der Waals surface area contributed by atoms with Gasteiger partial charge in [-0.3, -0.25) is 0 Å². The minimum atomic E-state index is 0.847. The average molecular weight is 252 g/mol. The maximum absolute atomic E-state index is 4.35. The molecule has 0 fully saturated rings. The molecule has 0 spiro atoms. The van der Waals surface area contributed by atoms with Crippen molar-refractivity contribution in [3.8, 4) is 0 Å². The van der Waals surface area contributed by atoms with Crippen molar-refractivity contribution in [3.05, 3.63) is 47.9 Å². The van der Waals surface area contributed by atoms with Gasteiger partial charge in [0.2, 0.25) is 0 Å². The van der Waals surface area contributed by atoms with E-state index in [1.165, 1.54) is 11.1 Å². The molecule has 0 bridgehead atoms. The van der Waals surface area contributed by atoms with E-state index in [0.717, 1.165) is 22.5 Å². The van der Waals surface area contributed by atoms with Gasteiger partial charge in [-0.05, 0) is 37.1 Å². The Kier molecular flexibility index (Phi) is 2.71. The van der Waals surface area contributed by atoms with E-state index in [1.54, 1.807) is 6.33 Å². The van der Waals surface area contributed by atoms with Crippen molar-refractivity contribution in [3.63, 3.8) is 0 Å². The van der Waals surface area contributed by atoms with Crippen LogP contribution in [-0.2, 0) is 7.05 Å². The number of fused-ring (bicyclic) bond motifs is 1. The maximum atomic E-state index is 4.35. The van der Waals surface area contributed by atoms with Gasteiger partial charge >= 0.3 is 0 Å². The van der Waals surface area contributed by atoms with Crippen molar-refractivity contribution in [1.82, 2.24) is 14.5 Å². The third-order valence-electron chi connectivity index (χ3n) is 3.31. The highest BCUT2D eigenvalue weighted by Crippen LogP contribution is 2.25. The molecular formula is C15H16N4. The molecule has 0 saturated carbocycles. The Morgan fingerprint density at radius 1 is 1.11 bits per heavy atom. The molecule has 0 aliphatic heterocycles. The van der Waals surface area contributed by atoms with E-state index in [0.29, 0.717) is 0 Å². The SMILES string of the molecule is Cc1ccc(C)c(Nc2ncnc3c2ccn3C)c1. The van der Waals surface area contributed by atoms with Gasteiger partial charge in [-0.2, -0.15) is 0 Å². The van der Waals surface area contributed by atoms with Gasteiger partial charge in [0.1, 0.15) is 17.8 Å². The van der Waals surface area contributed by atoms with Crippen molar-refractivity contribution < 1.29 is 0 Å². The molecule has 0 unspecified atom stereocenters. The number of nitrogens with one attached hydrogen (secondary N) is 1. The standard InChI is InChI=1S/C15H16N4/c1-10-4-5-11(2)13(8-10)18-14-12-6-7-19(3)15(12)17-9-16-14/h4-9H,1-3H3,(H,16,17,18). The van der Waals surface area contributed by atoms with Crippen molar-refractivity contribution >= 4 is 22.5 Å². The Labute approximate surface area is 112 Å². The Bertz CT molecular complexity index is 743. The van der Waals surface area contributed by atoms with Gasteiger partial charge in [-0.15, -0.1) is 0 Å². The summed E-state index contributed by atoms with van der Waals surface area (Å²) in [5, 5.41) is 4.44. The number of nitrogens with zero attached hydrogens (tertiary/aromatic N) is 3. The molecule has 0 aliphatic carbocycles. The summed E-state index contributed by atoms with van der Waals surface area (Å²) in [6.07, 6.45) is 3.59. The maximum Gasteiger partial charge on any atom is 0.145 e. The van der Waals surface area contributed by atoms with Crippen LogP contribution in [0.25, 0.3) is 11.0 Å². The van der Waals surface area contributed by atoms with Gasteiger partial charge in [0.15, 0.2) is 0 Å². The lowest BCUT2D eigenvalue weighted by Crippen LogP contribution is -1.98. The van der Waals surface area contributed by atoms with Crippen LogP contribution in [0.4, 0.5) is 11.5 Å². The van der Waals surface area contributed by atoms with Crippen molar-refractivity contribution in [2.75, 3.05) is 5.32 Å². The summed E-state index contributed by atoms with van der Waals surface area (Å²) in [5.74, 6) is 0.847. The first-order valence-electron chi connectivity index (χ1n) is 6.25. The molecule has 3 aromatic rings.